The van der Waals surface area contributed by atoms with E-state index in [-0.39, 0.29) is 5.56 Å². The molecule has 4 rings (SSSR count). The molecule has 0 bridgehead atoms. The van der Waals surface area contributed by atoms with Gasteiger partial charge in [-0.1, -0.05) is 11.3 Å². The fourth-order valence-corrected chi connectivity index (χ4v) is 4.10. The molecule has 4 heterocycles. The number of hydrogen-bond donors (Lipinski definition) is 0. The van der Waals surface area contributed by atoms with Crippen molar-refractivity contribution in [3.63, 3.8) is 0 Å². The van der Waals surface area contributed by atoms with E-state index in [1.807, 2.05) is 17.8 Å². The molecule has 24 heavy (non-hydrogen) atoms. The molecule has 0 spiro atoms. The molecule has 3 aromatic rings. The number of rotatable bonds is 4. The number of likely N-dealkylation sites (tertiary alicyclic amines) is 1. The van der Waals surface area contributed by atoms with Crippen LogP contribution in [0.2, 0.25) is 0 Å². The van der Waals surface area contributed by atoms with Crippen molar-refractivity contribution in [1.82, 2.24) is 29.3 Å². The first kappa shape index (κ1) is 15.5. The molecule has 1 unspecified atom stereocenters. The van der Waals surface area contributed by atoms with Gasteiger partial charge in [-0.25, -0.2) is 4.98 Å². The second-order valence-corrected chi connectivity index (χ2v) is 7.57. The van der Waals surface area contributed by atoms with E-state index in [9.17, 15) is 4.79 Å². The van der Waals surface area contributed by atoms with Gasteiger partial charge in [0.2, 0.25) is 4.96 Å². The zero-order valence-corrected chi connectivity index (χ0v) is 14.7. The van der Waals surface area contributed by atoms with Gasteiger partial charge in [0.1, 0.15) is 5.01 Å². The Bertz CT molecular complexity index is 926. The van der Waals surface area contributed by atoms with Crippen LogP contribution in [0, 0.1) is 13.8 Å². The maximum Gasteiger partial charge on any atom is 0.275 e. The standard InChI is InChI=1S/C16H20N6OS/c1-11-7-17-21(8-11)10-14-4-3-5-20(14)9-13-6-15(23)22-16(18-13)24-12(2)19-22/h6-8,14H,3-5,9-10H2,1-2H3. The molecule has 0 radical (unpaired) electrons. The number of fused-ring (bicyclic) bond motifs is 1. The molecule has 1 atom stereocenters. The third-order valence-electron chi connectivity index (χ3n) is 4.42. The van der Waals surface area contributed by atoms with Crippen molar-refractivity contribution in [2.75, 3.05) is 6.54 Å². The third kappa shape index (κ3) is 2.99. The summed E-state index contributed by atoms with van der Waals surface area (Å²) >= 11 is 1.45. The number of nitrogens with zero attached hydrogens (tertiary/aromatic N) is 6. The monoisotopic (exact) mass is 344 g/mol. The normalized spacial score (nSPS) is 18.7. The van der Waals surface area contributed by atoms with Crippen LogP contribution in [0.25, 0.3) is 4.96 Å². The van der Waals surface area contributed by atoms with Crippen LogP contribution in [0.1, 0.15) is 29.1 Å². The molecule has 1 fully saturated rings. The van der Waals surface area contributed by atoms with Crippen molar-refractivity contribution in [1.29, 1.82) is 0 Å². The minimum atomic E-state index is -0.0993. The molecule has 0 aliphatic carbocycles. The van der Waals surface area contributed by atoms with E-state index in [1.54, 1.807) is 6.07 Å². The van der Waals surface area contributed by atoms with E-state index in [0.29, 0.717) is 17.5 Å². The number of aromatic nitrogens is 5. The van der Waals surface area contributed by atoms with E-state index < -0.39 is 0 Å². The molecule has 0 amide bonds. The van der Waals surface area contributed by atoms with Gasteiger partial charge in [-0.3, -0.25) is 14.4 Å². The maximum atomic E-state index is 12.2. The lowest BCUT2D eigenvalue weighted by molar-refractivity contribution is 0.217. The van der Waals surface area contributed by atoms with Crippen molar-refractivity contribution >= 4 is 16.3 Å². The Balaban J connectivity index is 1.54. The van der Waals surface area contributed by atoms with Gasteiger partial charge in [0.05, 0.1) is 18.4 Å². The summed E-state index contributed by atoms with van der Waals surface area (Å²) in [6.07, 6.45) is 6.29. The molecule has 3 aromatic heterocycles. The van der Waals surface area contributed by atoms with Gasteiger partial charge in [0, 0.05) is 24.8 Å². The first-order valence-electron chi connectivity index (χ1n) is 8.18. The van der Waals surface area contributed by atoms with Crippen molar-refractivity contribution in [3.8, 4) is 0 Å². The highest BCUT2D eigenvalue weighted by Crippen LogP contribution is 2.21. The molecule has 0 saturated carbocycles. The Labute approximate surface area is 143 Å². The molecule has 0 N–H and O–H groups in total. The summed E-state index contributed by atoms with van der Waals surface area (Å²) in [5, 5.41) is 9.44. The van der Waals surface area contributed by atoms with E-state index in [4.69, 9.17) is 0 Å². The SMILES string of the molecule is Cc1cnn(CC2CCCN2Cc2cc(=O)n3nc(C)sc3n2)c1. The molecule has 0 aromatic carbocycles. The summed E-state index contributed by atoms with van der Waals surface area (Å²) in [6, 6.07) is 2.05. The van der Waals surface area contributed by atoms with E-state index in [2.05, 4.69) is 33.2 Å². The van der Waals surface area contributed by atoms with Gasteiger partial charge >= 0.3 is 0 Å². The Hall–Kier alpha value is -2.06. The Morgan fingerprint density at radius 1 is 1.38 bits per heavy atom. The van der Waals surface area contributed by atoms with Gasteiger partial charge in [-0.15, -0.1) is 0 Å². The van der Waals surface area contributed by atoms with Crippen LogP contribution in [0.3, 0.4) is 0 Å². The quantitative estimate of drug-likeness (QED) is 0.719. The molecule has 1 saturated heterocycles. The topological polar surface area (TPSA) is 68.3 Å². The van der Waals surface area contributed by atoms with E-state index in [1.165, 1.54) is 27.8 Å². The van der Waals surface area contributed by atoms with Crippen molar-refractivity contribution in [3.05, 3.63) is 45.1 Å². The first-order chi connectivity index (χ1) is 11.6. The highest BCUT2D eigenvalue weighted by atomic mass is 32.1. The summed E-state index contributed by atoms with van der Waals surface area (Å²) < 4.78 is 3.40. The van der Waals surface area contributed by atoms with Crippen LogP contribution in [0.5, 0.6) is 0 Å². The van der Waals surface area contributed by atoms with Gasteiger partial charge in [0.25, 0.3) is 5.56 Å². The van der Waals surface area contributed by atoms with Crippen LogP contribution >= 0.6 is 11.3 Å². The van der Waals surface area contributed by atoms with Gasteiger partial charge in [0.15, 0.2) is 0 Å². The van der Waals surface area contributed by atoms with Crippen molar-refractivity contribution < 1.29 is 0 Å². The van der Waals surface area contributed by atoms with Gasteiger partial charge in [-0.2, -0.15) is 14.7 Å². The average Bonchev–Trinajstić information content (AvgIpc) is 3.21. The molecule has 8 heteroatoms. The molecule has 1 aliphatic rings. The zero-order valence-electron chi connectivity index (χ0n) is 13.8. The largest absolute Gasteiger partial charge is 0.293 e. The molecule has 1 aliphatic heterocycles. The zero-order chi connectivity index (χ0) is 16.7. The lowest BCUT2D eigenvalue weighted by atomic mass is 10.2. The van der Waals surface area contributed by atoms with Crippen molar-refractivity contribution in [2.45, 2.75) is 45.8 Å². The Kier molecular flexibility index (Phi) is 3.93. The average molecular weight is 344 g/mol. The van der Waals surface area contributed by atoms with Crippen LogP contribution < -0.4 is 5.56 Å². The second kappa shape index (κ2) is 6.10. The lowest BCUT2D eigenvalue weighted by Crippen LogP contribution is -2.33. The predicted octanol–water partition coefficient (Wildman–Crippen LogP) is 1.63. The van der Waals surface area contributed by atoms with Gasteiger partial charge < -0.3 is 0 Å². The third-order valence-corrected chi connectivity index (χ3v) is 5.25. The highest BCUT2D eigenvalue weighted by Gasteiger charge is 2.25. The van der Waals surface area contributed by atoms with Crippen LogP contribution in [-0.4, -0.2) is 41.9 Å². The fraction of sp³-hybridized carbons (Fsp3) is 0.500. The molecule has 7 nitrogen and oxygen atoms in total. The molecular weight excluding hydrogens is 324 g/mol. The van der Waals surface area contributed by atoms with Crippen LogP contribution in [-0.2, 0) is 13.1 Å². The van der Waals surface area contributed by atoms with E-state index in [0.717, 1.165) is 30.2 Å². The fourth-order valence-electron chi connectivity index (χ4n) is 3.33. The van der Waals surface area contributed by atoms with Crippen LogP contribution in [0.15, 0.2) is 23.3 Å². The summed E-state index contributed by atoms with van der Waals surface area (Å²) in [5.41, 5.74) is 1.91. The summed E-state index contributed by atoms with van der Waals surface area (Å²) in [7, 11) is 0. The van der Waals surface area contributed by atoms with Crippen LogP contribution in [0.4, 0.5) is 0 Å². The number of aryl methyl sites for hydroxylation is 2. The predicted molar refractivity (Wildman–Crippen MR) is 92.3 cm³/mol. The Morgan fingerprint density at radius 2 is 2.25 bits per heavy atom. The highest BCUT2D eigenvalue weighted by molar-refractivity contribution is 7.16. The second-order valence-electron chi connectivity index (χ2n) is 6.41. The summed E-state index contributed by atoms with van der Waals surface area (Å²) in [5.74, 6) is 0. The summed E-state index contributed by atoms with van der Waals surface area (Å²) in [4.78, 5) is 19.9. The molecular formula is C16H20N6OS. The van der Waals surface area contributed by atoms with Crippen molar-refractivity contribution in [2.24, 2.45) is 0 Å². The van der Waals surface area contributed by atoms with Gasteiger partial charge in [-0.05, 0) is 38.8 Å². The smallest absolute Gasteiger partial charge is 0.275 e. The van der Waals surface area contributed by atoms with E-state index >= 15 is 0 Å². The first-order valence-corrected chi connectivity index (χ1v) is 8.99. The number of hydrogen-bond acceptors (Lipinski definition) is 6. The summed E-state index contributed by atoms with van der Waals surface area (Å²) in [6.45, 7) is 6.57. The minimum absolute atomic E-state index is 0.0993. The molecule has 126 valence electrons. The minimum Gasteiger partial charge on any atom is -0.293 e. The lowest BCUT2D eigenvalue weighted by Gasteiger charge is -2.23. The Morgan fingerprint density at radius 3 is 3.04 bits per heavy atom. The maximum absolute atomic E-state index is 12.2.